The molecule has 0 radical (unpaired) electrons. The highest BCUT2D eigenvalue weighted by Crippen LogP contribution is 2.20. The van der Waals surface area contributed by atoms with E-state index in [0.717, 1.165) is 5.57 Å². The molecular weight excluding hydrogens is 148 g/mol. The topological polar surface area (TPSA) is 28.1 Å². The molecule has 0 aromatic rings. The Morgan fingerprint density at radius 2 is 2.42 bits per heavy atom. The molecule has 0 unspecified atom stereocenters. The van der Waals surface area contributed by atoms with E-state index in [1.165, 1.54) is 0 Å². The van der Waals surface area contributed by atoms with Crippen LogP contribution >= 0.6 is 0 Å². The fraction of sp³-hybridized carbons (Fsp3) is 0.200. The second kappa shape index (κ2) is 3.55. The van der Waals surface area contributed by atoms with Crippen LogP contribution in [0.15, 0.2) is 35.1 Å². The van der Waals surface area contributed by atoms with E-state index in [4.69, 9.17) is 11.8 Å². The highest BCUT2D eigenvalue weighted by molar-refractivity contribution is 5.48. The molecule has 2 nitrogen and oxygen atoms in total. The zero-order valence-electron chi connectivity index (χ0n) is 6.83. The number of hydrogen-bond donors (Lipinski definition) is 0. The van der Waals surface area contributed by atoms with Gasteiger partial charge in [0.2, 0.25) is 0 Å². The molecule has 1 rings (SSSR count). The predicted octanol–water partition coefficient (Wildman–Crippen LogP) is 2.59. The van der Waals surface area contributed by atoms with Crippen LogP contribution < -0.4 is 0 Å². The summed E-state index contributed by atoms with van der Waals surface area (Å²) >= 11 is 0. The summed E-state index contributed by atoms with van der Waals surface area (Å²) in [5, 5.41) is 8.71. The van der Waals surface area contributed by atoms with Crippen molar-refractivity contribution in [3.8, 4) is 6.07 Å². The van der Waals surface area contributed by atoms with Gasteiger partial charge in [-0.2, -0.15) is 5.26 Å². The zero-order valence-corrected chi connectivity index (χ0v) is 6.83. The number of nitriles is 1. The minimum absolute atomic E-state index is 0.592. The van der Waals surface area contributed by atoms with E-state index in [1.807, 2.05) is 19.1 Å². The minimum atomic E-state index is 0.592. The van der Waals surface area contributed by atoms with Gasteiger partial charge in [-0.15, -0.1) is 0 Å². The van der Waals surface area contributed by atoms with Crippen molar-refractivity contribution in [1.29, 1.82) is 5.26 Å². The SMILES string of the molecule is [C-]#[N+]C1=C(C)C(C#N)=CC=CC1. The molecule has 0 saturated carbocycles. The largest absolute Gasteiger partial charge is 0.242 e. The normalized spacial score (nSPS) is 16.1. The van der Waals surface area contributed by atoms with Gasteiger partial charge < -0.3 is 0 Å². The maximum atomic E-state index is 8.71. The predicted molar refractivity (Wildman–Crippen MR) is 46.8 cm³/mol. The third-order valence-corrected chi connectivity index (χ3v) is 1.80. The number of allylic oxidation sites excluding steroid dienone is 5. The maximum Gasteiger partial charge on any atom is 0.173 e. The lowest BCUT2D eigenvalue weighted by atomic mass is 10.1. The molecule has 58 valence electrons. The molecule has 0 aliphatic heterocycles. The van der Waals surface area contributed by atoms with Gasteiger partial charge in [0, 0.05) is 5.57 Å². The molecule has 0 spiro atoms. The fourth-order valence-electron chi connectivity index (χ4n) is 1.03. The van der Waals surface area contributed by atoms with Crippen LogP contribution in [-0.4, -0.2) is 0 Å². The summed E-state index contributed by atoms with van der Waals surface area (Å²) < 4.78 is 0. The van der Waals surface area contributed by atoms with Gasteiger partial charge in [-0.25, -0.2) is 4.85 Å². The van der Waals surface area contributed by atoms with Crippen LogP contribution in [0.25, 0.3) is 4.85 Å². The summed E-state index contributed by atoms with van der Waals surface area (Å²) in [6.45, 7) is 8.70. The lowest BCUT2D eigenvalue weighted by Crippen LogP contribution is -1.84. The Balaban J connectivity index is 3.20. The smallest absolute Gasteiger partial charge is 0.173 e. The van der Waals surface area contributed by atoms with E-state index < -0.39 is 0 Å². The molecule has 0 amide bonds. The van der Waals surface area contributed by atoms with Crippen molar-refractivity contribution >= 4 is 0 Å². The van der Waals surface area contributed by atoms with Gasteiger partial charge in [-0.1, -0.05) is 12.2 Å². The molecule has 0 heterocycles. The number of nitrogens with zero attached hydrogens (tertiary/aromatic N) is 2. The quantitative estimate of drug-likeness (QED) is 0.495. The first kappa shape index (κ1) is 8.30. The Kier molecular flexibility index (Phi) is 2.46. The summed E-state index contributed by atoms with van der Waals surface area (Å²) in [5.41, 5.74) is 2.06. The van der Waals surface area contributed by atoms with Crippen LogP contribution in [0.4, 0.5) is 0 Å². The van der Waals surface area contributed by atoms with Crippen molar-refractivity contribution in [3.63, 3.8) is 0 Å². The Bertz CT molecular complexity index is 339. The van der Waals surface area contributed by atoms with Gasteiger partial charge in [0.25, 0.3) is 0 Å². The van der Waals surface area contributed by atoms with Crippen molar-refractivity contribution in [2.45, 2.75) is 13.3 Å². The van der Waals surface area contributed by atoms with Crippen molar-refractivity contribution in [1.82, 2.24) is 0 Å². The van der Waals surface area contributed by atoms with Crippen LogP contribution in [0.2, 0.25) is 0 Å². The van der Waals surface area contributed by atoms with E-state index in [-0.39, 0.29) is 0 Å². The molecule has 0 N–H and O–H groups in total. The van der Waals surface area contributed by atoms with Crippen LogP contribution in [0.3, 0.4) is 0 Å². The van der Waals surface area contributed by atoms with E-state index in [0.29, 0.717) is 17.7 Å². The van der Waals surface area contributed by atoms with Crippen molar-refractivity contribution in [2.24, 2.45) is 0 Å². The third kappa shape index (κ3) is 1.44. The Morgan fingerprint density at radius 3 is 3.00 bits per heavy atom. The highest BCUT2D eigenvalue weighted by atomic mass is 14.7. The molecule has 0 atom stereocenters. The van der Waals surface area contributed by atoms with Crippen LogP contribution in [0.1, 0.15) is 13.3 Å². The summed E-state index contributed by atoms with van der Waals surface area (Å²) in [7, 11) is 0. The standard InChI is InChI=1S/C10H8N2/c1-8-9(7-11)5-3-4-6-10(8)12-2/h3-5H,6H2,1H3. The molecule has 12 heavy (non-hydrogen) atoms. The third-order valence-electron chi connectivity index (χ3n) is 1.80. The Hall–Kier alpha value is -1.80. The molecular formula is C10H8N2. The molecule has 1 aliphatic carbocycles. The second-order valence-corrected chi connectivity index (χ2v) is 2.51. The molecule has 0 fully saturated rings. The van der Waals surface area contributed by atoms with E-state index >= 15 is 0 Å². The first-order valence-electron chi connectivity index (χ1n) is 3.64. The van der Waals surface area contributed by atoms with Crippen LogP contribution in [0.5, 0.6) is 0 Å². The minimum Gasteiger partial charge on any atom is -0.242 e. The molecule has 0 aromatic carbocycles. The van der Waals surface area contributed by atoms with Gasteiger partial charge in [0.15, 0.2) is 5.70 Å². The molecule has 1 aliphatic rings. The van der Waals surface area contributed by atoms with Gasteiger partial charge in [0.05, 0.1) is 12.6 Å². The van der Waals surface area contributed by atoms with Crippen molar-refractivity contribution in [2.75, 3.05) is 0 Å². The lowest BCUT2D eigenvalue weighted by Gasteiger charge is -1.98. The summed E-state index contributed by atoms with van der Waals surface area (Å²) in [6.07, 6.45) is 6.09. The summed E-state index contributed by atoms with van der Waals surface area (Å²) in [6, 6.07) is 2.07. The second-order valence-electron chi connectivity index (χ2n) is 2.51. The molecule has 0 bridgehead atoms. The number of hydrogen-bond acceptors (Lipinski definition) is 1. The van der Waals surface area contributed by atoms with E-state index in [1.54, 1.807) is 6.08 Å². The monoisotopic (exact) mass is 156 g/mol. The Labute approximate surface area is 71.9 Å². The lowest BCUT2D eigenvalue weighted by molar-refractivity contribution is 1.22. The highest BCUT2D eigenvalue weighted by Gasteiger charge is 2.07. The van der Waals surface area contributed by atoms with Crippen LogP contribution in [-0.2, 0) is 0 Å². The summed E-state index contributed by atoms with van der Waals surface area (Å²) in [5.74, 6) is 0. The fourth-order valence-corrected chi connectivity index (χ4v) is 1.03. The van der Waals surface area contributed by atoms with Gasteiger partial charge in [-0.05, 0) is 25.0 Å². The van der Waals surface area contributed by atoms with Crippen LogP contribution in [0, 0.1) is 17.9 Å². The number of rotatable bonds is 0. The van der Waals surface area contributed by atoms with Crippen molar-refractivity contribution in [3.05, 3.63) is 46.5 Å². The Morgan fingerprint density at radius 1 is 1.67 bits per heavy atom. The average Bonchev–Trinajstić information content (AvgIpc) is 2.27. The van der Waals surface area contributed by atoms with Gasteiger partial charge >= 0.3 is 0 Å². The van der Waals surface area contributed by atoms with Gasteiger partial charge in [-0.3, -0.25) is 0 Å². The molecule has 0 saturated heterocycles. The van der Waals surface area contributed by atoms with Gasteiger partial charge in [0.1, 0.15) is 0 Å². The first-order chi connectivity index (χ1) is 5.79. The zero-order chi connectivity index (χ0) is 8.97. The molecule has 2 heteroatoms. The summed E-state index contributed by atoms with van der Waals surface area (Å²) in [4.78, 5) is 3.37. The first-order valence-corrected chi connectivity index (χ1v) is 3.64. The van der Waals surface area contributed by atoms with Crippen molar-refractivity contribution < 1.29 is 0 Å². The molecule has 0 aromatic heterocycles. The maximum absolute atomic E-state index is 8.71. The van der Waals surface area contributed by atoms with E-state index in [2.05, 4.69) is 10.9 Å². The van der Waals surface area contributed by atoms with E-state index in [9.17, 15) is 0 Å². The average molecular weight is 156 g/mol.